The van der Waals surface area contributed by atoms with Crippen molar-refractivity contribution in [2.45, 2.75) is 24.0 Å². The van der Waals surface area contributed by atoms with E-state index in [4.69, 9.17) is 0 Å². The van der Waals surface area contributed by atoms with E-state index in [2.05, 4.69) is 4.90 Å². The van der Waals surface area contributed by atoms with Crippen LogP contribution in [0.3, 0.4) is 0 Å². The molecule has 4 nitrogen and oxygen atoms in total. The van der Waals surface area contributed by atoms with Crippen molar-refractivity contribution in [3.05, 3.63) is 65.7 Å². The van der Waals surface area contributed by atoms with E-state index in [9.17, 15) is 21.6 Å². The van der Waals surface area contributed by atoms with Crippen molar-refractivity contribution < 1.29 is 21.6 Å². The van der Waals surface area contributed by atoms with E-state index in [0.29, 0.717) is 25.6 Å². The molecule has 146 valence electrons. The van der Waals surface area contributed by atoms with Crippen molar-refractivity contribution in [3.63, 3.8) is 0 Å². The van der Waals surface area contributed by atoms with Gasteiger partial charge in [-0.2, -0.15) is 17.5 Å². The Balaban J connectivity index is 1.73. The van der Waals surface area contributed by atoms with Crippen LogP contribution >= 0.6 is 0 Å². The Kier molecular flexibility index (Phi) is 5.88. The van der Waals surface area contributed by atoms with Crippen LogP contribution in [0.15, 0.2) is 59.5 Å². The first kappa shape index (κ1) is 19.9. The topological polar surface area (TPSA) is 40.6 Å². The third-order valence-electron chi connectivity index (χ3n) is 4.60. The van der Waals surface area contributed by atoms with Crippen LogP contribution in [-0.4, -0.2) is 43.8 Å². The molecule has 0 radical (unpaired) electrons. The maximum Gasteiger partial charge on any atom is 0.416 e. The van der Waals surface area contributed by atoms with Crippen molar-refractivity contribution in [2.75, 3.05) is 26.2 Å². The zero-order chi connectivity index (χ0) is 19.5. The van der Waals surface area contributed by atoms with Gasteiger partial charge in [-0.05, 0) is 36.7 Å². The smallest absolute Gasteiger partial charge is 0.298 e. The maximum atomic E-state index is 12.9. The van der Waals surface area contributed by atoms with Gasteiger partial charge in [0.25, 0.3) is 0 Å². The summed E-state index contributed by atoms with van der Waals surface area (Å²) >= 11 is 0. The summed E-state index contributed by atoms with van der Waals surface area (Å²) in [6.45, 7) is 2.55. The first-order valence-corrected chi connectivity index (χ1v) is 10.1. The second-order valence-corrected chi connectivity index (χ2v) is 8.48. The average molecular weight is 398 g/mol. The van der Waals surface area contributed by atoms with Gasteiger partial charge in [0.15, 0.2) is 0 Å². The van der Waals surface area contributed by atoms with Crippen molar-refractivity contribution in [3.8, 4) is 0 Å². The van der Waals surface area contributed by atoms with Crippen LogP contribution in [0.4, 0.5) is 13.2 Å². The molecule has 0 aromatic heterocycles. The van der Waals surface area contributed by atoms with E-state index in [1.807, 2.05) is 30.3 Å². The SMILES string of the molecule is O=S(=O)(c1cccc(C(F)(F)F)c1)N1CCCN(Cc2ccccc2)CC1. The van der Waals surface area contributed by atoms with Crippen LogP contribution < -0.4 is 0 Å². The summed E-state index contributed by atoms with van der Waals surface area (Å²) in [4.78, 5) is 1.85. The number of nitrogens with zero attached hydrogens (tertiary/aromatic N) is 2. The average Bonchev–Trinajstić information content (AvgIpc) is 2.88. The van der Waals surface area contributed by atoms with Gasteiger partial charge in [0.2, 0.25) is 10.0 Å². The molecule has 0 bridgehead atoms. The first-order valence-electron chi connectivity index (χ1n) is 8.70. The highest BCUT2D eigenvalue weighted by molar-refractivity contribution is 7.89. The van der Waals surface area contributed by atoms with E-state index < -0.39 is 21.8 Å². The Bertz CT molecular complexity index is 870. The number of alkyl halides is 3. The van der Waals surface area contributed by atoms with Gasteiger partial charge in [-0.25, -0.2) is 8.42 Å². The third kappa shape index (κ3) is 4.88. The van der Waals surface area contributed by atoms with E-state index in [1.165, 1.54) is 10.4 Å². The Labute approximate surface area is 157 Å². The predicted molar refractivity (Wildman–Crippen MR) is 96.5 cm³/mol. The molecular weight excluding hydrogens is 377 g/mol. The van der Waals surface area contributed by atoms with Crippen LogP contribution in [0.5, 0.6) is 0 Å². The normalized spacial score (nSPS) is 17.6. The molecule has 8 heteroatoms. The lowest BCUT2D eigenvalue weighted by Gasteiger charge is -2.22. The molecule has 0 amide bonds. The minimum absolute atomic E-state index is 0.255. The number of sulfonamides is 1. The fraction of sp³-hybridized carbons (Fsp3) is 0.368. The summed E-state index contributed by atoms with van der Waals surface area (Å²) in [5, 5.41) is 0. The van der Waals surface area contributed by atoms with Gasteiger partial charge in [0.05, 0.1) is 10.5 Å². The summed E-state index contributed by atoms with van der Waals surface area (Å²) in [6.07, 6.45) is -3.94. The minimum atomic E-state index is -4.57. The molecule has 0 N–H and O–H groups in total. The summed E-state index contributed by atoms with van der Waals surface area (Å²) in [5.74, 6) is 0. The number of benzene rings is 2. The molecule has 2 aromatic carbocycles. The van der Waals surface area contributed by atoms with Crippen LogP contribution in [0.2, 0.25) is 0 Å². The number of hydrogen-bond donors (Lipinski definition) is 0. The molecule has 0 atom stereocenters. The molecule has 2 aromatic rings. The summed E-state index contributed by atoms with van der Waals surface area (Å²) in [7, 11) is -3.96. The number of hydrogen-bond acceptors (Lipinski definition) is 3. The Hall–Kier alpha value is -1.90. The van der Waals surface area contributed by atoms with Crippen LogP contribution in [-0.2, 0) is 22.7 Å². The van der Waals surface area contributed by atoms with Gasteiger partial charge in [-0.3, -0.25) is 4.90 Å². The Morgan fingerprint density at radius 1 is 0.889 bits per heavy atom. The van der Waals surface area contributed by atoms with Gasteiger partial charge < -0.3 is 0 Å². The second-order valence-electron chi connectivity index (χ2n) is 6.54. The maximum absolute atomic E-state index is 12.9. The van der Waals surface area contributed by atoms with Crippen molar-refractivity contribution in [1.29, 1.82) is 0 Å². The number of rotatable bonds is 4. The lowest BCUT2D eigenvalue weighted by Crippen LogP contribution is -2.35. The van der Waals surface area contributed by atoms with Crippen LogP contribution in [0, 0.1) is 0 Å². The van der Waals surface area contributed by atoms with Gasteiger partial charge in [0, 0.05) is 26.2 Å². The van der Waals surface area contributed by atoms with Crippen molar-refractivity contribution >= 4 is 10.0 Å². The summed E-state index contributed by atoms with van der Waals surface area (Å²) in [6, 6.07) is 13.8. The fourth-order valence-electron chi connectivity index (χ4n) is 3.17. The molecule has 0 saturated carbocycles. The molecule has 0 aliphatic carbocycles. The largest absolute Gasteiger partial charge is 0.416 e. The Morgan fingerprint density at radius 3 is 2.33 bits per heavy atom. The molecule has 0 unspecified atom stereocenters. The van der Waals surface area contributed by atoms with Gasteiger partial charge >= 0.3 is 6.18 Å². The zero-order valence-electron chi connectivity index (χ0n) is 14.7. The van der Waals surface area contributed by atoms with E-state index in [0.717, 1.165) is 30.8 Å². The summed E-state index contributed by atoms with van der Waals surface area (Å²) in [5.41, 5.74) is 0.191. The lowest BCUT2D eigenvalue weighted by molar-refractivity contribution is -0.137. The molecule has 1 aliphatic heterocycles. The highest BCUT2D eigenvalue weighted by Crippen LogP contribution is 2.31. The summed E-state index contributed by atoms with van der Waals surface area (Å²) < 4.78 is 65.7. The standard InChI is InChI=1S/C19H21F3N2O2S/c20-19(21,22)17-8-4-9-18(14-17)27(25,26)24-11-5-10-23(12-13-24)15-16-6-2-1-3-7-16/h1-4,6-9,14H,5,10-13,15H2. The first-order chi connectivity index (χ1) is 12.8. The molecule has 1 aliphatic rings. The second kappa shape index (κ2) is 8.00. The molecule has 1 saturated heterocycles. The van der Waals surface area contributed by atoms with Gasteiger partial charge in [0.1, 0.15) is 0 Å². The van der Waals surface area contributed by atoms with Crippen LogP contribution in [0.25, 0.3) is 0 Å². The molecular formula is C19H21F3N2O2S. The third-order valence-corrected chi connectivity index (χ3v) is 6.49. The predicted octanol–water partition coefficient (Wildman–Crippen LogP) is 3.60. The van der Waals surface area contributed by atoms with E-state index >= 15 is 0 Å². The Morgan fingerprint density at radius 2 is 1.63 bits per heavy atom. The molecule has 1 fully saturated rings. The molecule has 0 spiro atoms. The van der Waals surface area contributed by atoms with E-state index in [1.54, 1.807) is 0 Å². The van der Waals surface area contributed by atoms with Gasteiger partial charge in [-0.1, -0.05) is 36.4 Å². The number of halogens is 3. The molecule has 1 heterocycles. The minimum Gasteiger partial charge on any atom is -0.298 e. The quantitative estimate of drug-likeness (QED) is 0.790. The van der Waals surface area contributed by atoms with Crippen molar-refractivity contribution in [2.24, 2.45) is 0 Å². The lowest BCUT2D eigenvalue weighted by atomic mass is 10.2. The van der Waals surface area contributed by atoms with Gasteiger partial charge in [-0.15, -0.1) is 0 Å². The monoisotopic (exact) mass is 398 g/mol. The highest BCUT2D eigenvalue weighted by Gasteiger charge is 2.33. The van der Waals surface area contributed by atoms with Crippen molar-refractivity contribution in [1.82, 2.24) is 9.21 Å². The molecule has 27 heavy (non-hydrogen) atoms. The van der Waals surface area contributed by atoms with Crippen LogP contribution in [0.1, 0.15) is 17.5 Å². The zero-order valence-corrected chi connectivity index (χ0v) is 15.5. The highest BCUT2D eigenvalue weighted by atomic mass is 32.2. The fourth-order valence-corrected chi connectivity index (χ4v) is 4.69. The molecule has 3 rings (SSSR count). The van der Waals surface area contributed by atoms with E-state index in [-0.39, 0.29) is 11.4 Å².